The van der Waals surface area contributed by atoms with E-state index in [1.807, 2.05) is 18.2 Å². The standard InChI is InChI=1S/C21H28N2O2/c1-15(12-22)17-7-5-9-19(11-17)18-8-4-6-16(10-18)13-25-20(24)21(2,3)14-23/h4-11,15H,12-14,22-23H2,1-3H3. The average molecular weight is 340 g/mol. The SMILES string of the molecule is CC(CN)c1cccc(-c2cccc(COC(=O)C(C)(C)CN)c2)c1. The molecule has 0 spiro atoms. The van der Waals surface area contributed by atoms with Gasteiger partial charge < -0.3 is 16.2 Å². The van der Waals surface area contributed by atoms with Crippen LogP contribution >= 0.6 is 0 Å². The van der Waals surface area contributed by atoms with Crippen LogP contribution in [0.25, 0.3) is 11.1 Å². The number of benzene rings is 2. The molecule has 0 aliphatic carbocycles. The first kappa shape index (κ1) is 19.2. The van der Waals surface area contributed by atoms with Crippen molar-refractivity contribution in [2.45, 2.75) is 33.3 Å². The van der Waals surface area contributed by atoms with Crippen LogP contribution < -0.4 is 11.5 Å². The van der Waals surface area contributed by atoms with Gasteiger partial charge in [-0.3, -0.25) is 4.79 Å². The summed E-state index contributed by atoms with van der Waals surface area (Å²) in [6.45, 7) is 6.82. The molecule has 25 heavy (non-hydrogen) atoms. The molecule has 134 valence electrons. The number of nitrogens with two attached hydrogens (primary N) is 2. The third-order valence-corrected chi connectivity index (χ3v) is 4.50. The molecule has 1 unspecified atom stereocenters. The van der Waals surface area contributed by atoms with E-state index in [9.17, 15) is 4.79 Å². The maximum absolute atomic E-state index is 12.1. The van der Waals surface area contributed by atoms with E-state index in [4.69, 9.17) is 16.2 Å². The van der Waals surface area contributed by atoms with Crippen LogP contribution in [0.4, 0.5) is 0 Å². The van der Waals surface area contributed by atoms with Gasteiger partial charge in [0.25, 0.3) is 0 Å². The molecule has 4 nitrogen and oxygen atoms in total. The second-order valence-electron chi connectivity index (χ2n) is 7.13. The molecule has 0 aliphatic heterocycles. The second-order valence-corrected chi connectivity index (χ2v) is 7.13. The van der Waals surface area contributed by atoms with Gasteiger partial charge in [-0.25, -0.2) is 0 Å². The minimum absolute atomic E-state index is 0.245. The Labute approximate surface area is 150 Å². The summed E-state index contributed by atoms with van der Waals surface area (Å²) in [5.74, 6) is 0.0433. The van der Waals surface area contributed by atoms with Crippen LogP contribution in [0.5, 0.6) is 0 Å². The number of rotatable bonds is 7. The van der Waals surface area contributed by atoms with Gasteiger partial charge in [0.15, 0.2) is 0 Å². The Balaban J connectivity index is 2.15. The van der Waals surface area contributed by atoms with Crippen LogP contribution in [0.1, 0.15) is 37.8 Å². The van der Waals surface area contributed by atoms with E-state index >= 15 is 0 Å². The number of hydrogen-bond donors (Lipinski definition) is 2. The Morgan fingerprint density at radius 2 is 1.72 bits per heavy atom. The zero-order valence-electron chi connectivity index (χ0n) is 15.3. The first-order valence-electron chi connectivity index (χ1n) is 8.64. The molecule has 0 aliphatic rings. The molecule has 2 aromatic rings. The number of carbonyl (C=O) groups excluding carboxylic acids is 1. The summed E-state index contributed by atoms with van der Waals surface area (Å²) in [7, 11) is 0. The molecule has 1 atom stereocenters. The van der Waals surface area contributed by atoms with Gasteiger partial charge in [-0.05, 0) is 54.6 Å². The maximum Gasteiger partial charge on any atom is 0.313 e. The van der Waals surface area contributed by atoms with Gasteiger partial charge in [-0.2, -0.15) is 0 Å². The van der Waals surface area contributed by atoms with Gasteiger partial charge in [-0.1, -0.05) is 49.4 Å². The highest BCUT2D eigenvalue weighted by Gasteiger charge is 2.27. The first-order valence-corrected chi connectivity index (χ1v) is 8.64. The van der Waals surface area contributed by atoms with E-state index in [1.165, 1.54) is 5.56 Å². The van der Waals surface area contributed by atoms with Crippen molar-refractivity contribution in [3.05, 3.63) is 59.7 Å². The normalized spacial score (nSPS) is 12.7. The maximum atomic E-state index is 12.1. The fourth-order valence-corrected chi connectivity index (χ4v) is 2.43. The van der Waals surface area contributed by atoms with E-state index in [-0.39, 0.29) is 19.1 Å². The zero-order valence-corrected chi connectivity index (χ0v) is 15.3. The lowest BCUT2D eigenvalue weighted by molar-refractivity contribution is -0.154. The Kier molecular flexibility index (Phi) is 6.34. The quantitative estimate of drug-likeness (QED) is 0.757. The fraction of sp³-hybridized carbons (Fsp3) is 0.381. The van der Waals surface area contributed by atoms with Crippen molar-refractivity contribution < 1.29 is 9.53 Å². The summed E-state index contributed by atoms with van der Waals surface area (Å²) in [4.78, 5) is 12.1. The van der Waals surface area contributed by atoms with Crippen molar-refractivity contribution in [2.24, 2.45) is 16.9 Å². The van der Waals surface area contributed by atoms with Crippen LogP contribution in [0.2, 0.25) is 0 Å². The van der Waals surface area contributed by atoms with Crippen molar-refractivity contribution in [2.75, 3.05) is 13.1 Å². The minimum atomic E-state index is -0.662. The molecule has 2 aromatic carbocycles. The highest BCUT2D eigenvalue weighted by atomic mass is 16.5. The minimum Gasteiger partial charge on any atom is -0.460 e. The van der Waals surface area contributed by atoms with Gasteiger partial charge >= 0.3 is 5.97 Å². The topological polar surface area (TPSA) is 78.3 Å². The van der Waals surface area contributed by atoms with Crippen molar-refractivity contribution in [1.29, 1.82) is 0 Å². The van der Waals surface area contributed by atoms with Crippen LogP contribution in [0, 0.1) is 5.41 Å². The highest BCUT2D eigenvalue weighted by Crippen LogP contribution is 2.25. The van der Waals surface area contributed by atoms with E-state index in [0.717, 1.165) is 16.7 Å². The molecule has 0 bridgehead atoms. The Hall–Kier alpha value is -2.17. The van der Waals surface area contributed by atoms with E-state index < -0.39 is 5.41 Å². The first-order chi connectivity index (χ1) is 11.9. The highest BCUT2D eigenvalue weighted by molar-refractivity contribution is 5.76. The van der Waals surface area contributed by atoms with Gasteiger partial charge in [0, 0.05) is 6.54 Å². The summed E-state index contributed by atoms with van der Waals surface area (Å²) in [6.07, 6.45) is 0. The lowest BCUT2D eigenvalue weighted by Gasteiger charge is -2.20. The predicted octanol–water partition coefficient (Wildman–Crippen LogP) is 3.44. The molecule has 2 rings (SSSR count). The van der Waals surface area contributed by atoms with Gasteiger partial charge in [-0.15, -0.1) is 0 Å². The predicted molar refractivity (Wildman–Crippen MR) is 102 cm³/mol. The van der Waals surface area contributed by atoms with Crippen molar-refractivity contribution in [3.8, 4) is 11.1 Å². The molecular weight excluding hydrogens is 312 g/mol. The third-order valence-electron chi connectivity index (χ3n) is 4.50. The molecular formula is C21H28N2O2. The number of hydrogen-bond acceptors (Lipinski definition) is 4. The van der Waals surface area contributed by atoms with E-state index in [1.54, 1.807) is 13.8 Å². The van der Waals surface area contributed by atoms with Gasteiger partial charge in [0.2, 0.25) is 0 Å². The molecule has 4 N–H and O–H groups in total. The molecule has 0 radical (unpaired) electrons. The summed E-state index contributed by atoms with van der Waals surface area (Å²) in [6, 6.07) is 16.4. The molecule has 0 amide bonds. The van der Waals surface area contributed by atoms with Crippen molar-refractivity contribution >= 4 is 5.97 Å². The average Bonchev–Trinajstić information content (AvgIpc) is 2.65. The fourth-order valence-electron chi connectivity index (χ4n) is 2.43. The zero-order chi connectivity index (χ0) is 18.4. The van der Waals surface area contributed by atoms with Crippen LogP contribution in [-0.2, 0) is 16.1 Å². The van der Waals surface area contributed by atoms with Crippen LogP contribution in [0.3, 0.4) is 0 Å². The lowest BCUT2D eigenvalue weighted by Crippen LogP contribution is -2.34. The van der Waals surface area contributed by atoms with Gasteiger partial charge in [0.1, 0.15) is 6.61 Å². The van der Waals surface area contributed by atoms with Crippen LogP contribution in [0.15, 0.2) is 48.5 Å². The third kappa shape index (κ3) is 4.91. The van der Waals surface area contributed by atoms with E-state index in [0.29, 0.717) is 12.5 Å². The van der Waals surface area contributed by atoms with Crippen molar-refractivity contribution in [1.82, 2.24) is 0 Å². The Morgan fingerprint density at radius 1 is 1.08 bits per heavy atom. The monoisotopic (exact) mass is 340 g/mol. The largest absolute Gasteiger partial charge is 0.460 e. The lowest BCUT2D eigenvalue weighted by atomic mass is 9.94. The smallest absolute Gasteiger partial charge is 0.313 e. The second kappa shape index (κ2) is 8.28. The van der Waals surface area contributed by atoms with Crippen molar-refractivity contribution in [3.63, 3.8) is 0 Å². The van der Waals surface area contributed by atoms with Crippen LogP contribution in [-0.4, -0.2) is 19.1 Å². The molecule has 0 saturated heterocycles. The summed E-state index contributed by atoms with van der Waals surface area (Å²) in [5, 5.41) is 0. The Bertz CT molecular complexity index is 725. The summed E-state index contributed by atoms with van der Waals surface area (Å²) < 4.78 is 5.42. The number of carbonyl (C=O) groups is 1. The number of ether oxygens (including phenoxy) is 1. The molecule has 4 heteroatoms. The molecule has 0 saturated carbocycles. The summed E-state index contributed by atoms with van der Waals surface area (Å²) >= 11 is 0. The van der Waals surface area contributed by atoms with Gasteiger partial charge in [0.05, 0.1) is 5.41 Å². The molecule has 0 aromatic heterocycles. The molecule has 0 fully saturated rings. The Morgan fingerprint density at radius 3 is 2.36 bits per heavy atom. The number of esters is 1. The molecule has 0 heterocycles. The van der Waals surface area contributed by atoms with E-state index in [2.05, 4.69) is 37.3 Å². The summed E-state index contributed by atoms with van der Waals surface area (Å²) in [5.41, 5.74) is 15.1.